The van der Waals surface area contributed by atoms with Crippen molar-refractivity contribution in [3.05, 3.63) is 76.5 Å². The molecule has 0 fully saturated rings. The molecule has 0 saturated heterocycles. The Hall–Kier alpha value is -3.18. The molecule has 1 aromatic heterocycles. The second kappa shape index (κ2) is 7.58. The van der Waals surface area contributed by atoms with Crippen LogP contribution in [0.3, 0.4) is 0 Å². The van der Waals surface area contributed by atoms with E-state index < -0.39 is 5.97 Å². The maximum absolute atomic E-state index is 12.7. The zero-order valence-corrected chi connectivity index (χ0v) is 16.8. The van der Waals surface area contributed by atoms with Gasteiger partial charge >= 0.3 is 5.97 Å². The van der Waals surface area contributed by atoms with Crippen molar-refractivity contribution in [1.82, 2.24) is 9.88 Å². The van der Waals surface area contributed by atoms with E-state index in [1.807, 2.05) is 30.5 Å². The van der Waals surface area contributed by atoms with Gasteiger partial charge in [0.2, 0.25) is 0 Å². The predicted molar refractivity (Wildman–Crippen MR) is 117 cm³/mol. The predicted octanol–water partition coefficient (Wildman–Crippen LogP) is 4.54. The molecule has 1 aliphatic carbocycles. The molecule has 2 aromatic carbocycles. The van der Waals surface area contributed by atoms with Crippen LogP contribution < -0.4 is 0 Å². The van der Waals surface area contributed by atoms with Gasteiger partial charge in [-0.25, -0.2) is 4.79 Å². The number of unbranched alkanes of at least 4 members (excludes halogenated alkanes) is 1. The Balaban J connectivity index is 1.19. The number of H-pyrrole nitrogens is 1. The minimum absolute atomic E-state index is 0.207. The largest absolute Gasteiger partial charge is 0.478 e. The molecule has 2 N–H and O–H groups in total. The molecule has 3 aromatic rings. The van der Waals surface area contributed by atoms with Crippen LogP contribution in [0.1, 0.15) is 51.1 Å². The average molecular weight is 400 g/mol. The van der Waals surface area contributed by atoms with Crippen LogP contribution in [0.2, 0.25) is 0 Å². The molecule has 5 nitrogen and oxygen atoms in total. The summed E-state index contributed by atoms with van der Waals surface area (Å²) in [4.78, 5) is 29.6. The van der Waals surface area contributed by atoms with Gasteiger partial charge in [0.05, 0.1) is 11.1 Å². The Morgan fingerprint density at radius 3 is 2.70 bits per heavy atom. The number of carboxylic acids is 1. The molecular formula is C25H24N2O3. The maximum atomic E-state index is 12.7. The Labute approximate surface area is 175 Å². The molecule has 2 aliphatic rings. The van der Waals surface area contributed by atoms with Gasteiger partial charge < -0.3 is 10.1 Å². The number of fused-ring (bicyclic) bond motifs is 3. The number of carbonyl (C=O) groups excluding carboxylic acids is 1. The molecule has 0 radical (unpaired) electrons. The molecule has 0 bridgehead atoms. The van der Waals surface area contributed by atoms with Crippen molar-refractivity contribution in [3.8, 4) is 0 Å². The number of aryl methyl sites for hydroxylation is 1. The second-order valence-electron chi connectivity index (χ2n) is 8.16. The highest BCUT2D eigenvalue weighted by Gasteiger charge is 2.32. The number of nitrogens with zero attached hydrogens (tertiary/aromatic N) is 1. The van der Waals surface area contributed by atoms with Crippen molar-refractivity contribution in [2.45, 2.75) is 25.7 Å². The summed E-state index contributed by atoms with van der Waals surface area (Å²) < 4.78 is 0. The quantitative estimate of drug-likeness (QED) is 0.596. The van der Waals surface area contributed by atoms with Crippen LogP contribution in [0.4, 0.5) is 0 Å². The first-order valence-corrected chi connectivity index (χ1v) is 10.5. The van der Waals surface area contributed by atoms with Gasteiger partial charge in [-0.05, 0) is 55.0 Å². The first kappa shape index (κ1) is 18.8. The number of aromatic amines is 1. The normalized spacial score (nSPS) is 16.2. The highest BCUT2D eigenvalue weighted by atomic mass is 16.4. The number of carbonyl (C=O) groups is 2. The van der Waals surface area contributed by atoms with Crippen LogP contribution in [0.5, 0.6) is 0 Å². The summed E-state index contributed by atoms with van der Waals surface area (Å²) in [6, 6.07) is 13.4. The monoisotopic (exact) mass is 400 g/mol. The SMILES string of the molecule is O=C1C2=C(CCN(CCCCc3c[nH]c4c(C(=O)O)cccc34)C2)c2ccccc21. The Bertz CT molecular complexity index is 1190. The topological polar surface area (TPSA) is 73.4 Å². The van der Waals surface area contributed by atoms with E-state index in [1.54, 1.807) is 12.1 Å². The fourth-order valence-corrected chi connectivity index (χ4v) is 4.87. The number of nitrogens with one attached hydrogen (secondary N) is 1. The number of ketones is 1. The van der Waals surface area contributed by atoms with Crippen LogP contribution in [-0.2, 0) is 6.42 Å². The lowest BCUT2D eigenvalue weighted by molar-refractivity contribution is 0.0698. The molecule has 5 heteroatoms. The van der Waals surface area contributed by atoms with Crippen LogP contribution in [-0.4, -0.2) is 46.4 Å². The number of rotatable bonds is 6. The number of aromatic nitrogens is 1. The van der Waals surface area contributed by atoms with Crippen LogP contribution in [0.15, 0.2) is 54.2 Å². The first-order chi connectivity index (χ1) is 14.6. The van der Waals surface area contributed by atoms with Crippen molar-refractivity contribution in [2.75, 3.05) is 19.6 Å². The summed E-state index contributed by atoms with van der Waals surface area (Å²) in [5.74, 6) is -0.699. The number of aromatic carboxylic acids is 1. The zero-order valence-electron chi connectivity index (χ0n) is 16.8. The van der Waals surface area contributed by atoms with Gasteiger partial charge in [0.15, 0.2) is 5.78 Å². The van der Waals surface area contributed by atoms with Crippen molar-refractivity contribution >= 4 is 28.2 Å². The van der Waals surface area contributed by atoms with Gasteiger partial charge in [-0.15, -0.1) is 0 Å². The Kier molecular flexibility index (Phi) is 4.75. The highest BCUT2D eigenvalue weighted by Crippen LogP contribution is 2.37. The first-order valence-electron chi connectivity index (χ1n) is 10.5. The lowest BCUT2D eigenvalue weighted by atomic mass is 9.98. The van der Waals surface area contributed by atoms with Gasteiger partial charge in [0.25, 0.3) is 0 Å². The zero-order chi connectivity index (χ0) is 20.7. The molecule has 30 heavy (non-hydrogen) atoms. The molecule has 0 spiro atoms. The van der Waals surface area contributed by atoms with E-state index in [-0.39, 0.29) is 5.78 Å². The summed E-state index contributed by atoms with van der Waals surface area (Å²) in [7, 11) is 0. The van der Waals surface area contributed by atoms with E-state index in [0.717, 1.165) is 73.0 Å². The van der Waals surface area contributed by atoms with Gasteiger partial charge in [0, 0.05) is 35.8 Å². The van der Waals surface area contributed by atoms with E-state index in [1.165, 1.54) is 5.57 Å². The molecule has 0 saturated carbocycles. The third kappa shape index (κ3) is 3.15. The smallest absolute Gasteiger partial charge is 0.337 e. The van der Waals surface area contributed by atoms with Crippen molar-refractivity contribution in [3.63, 3.8) is 0 Å². The number of hydrogen-bond acceptors (Lipinski definition) is 3. The van der Waals surface area contributed by atoms with Crippen molar-refractivity contribution in [1.29, 1.82) is 0 Å². The van der Waals surface area contributed by atoms with E-state index in [4.69, 9.17) is 0 Å². The Morgan fingerprint density at radius 2 is 1.87 bits per heavy atom. The molecule has 1 aliphatic heterocycles. The van der Waals surface area contributed by atoms with Gasteiger partial charge in [-0.2, -0.15) is 0 Å². The average Bonchev–Trinajstić information content (AvgIpc) is 3.30. The van der Waals surface area contributed by atoms with E-state index in [9.17, 15) is 14.7 Å². The molecule has 0 amide bonds. The van der Waals surface area contributed by atoms with Crippen LogP contribution in [0, 0.1) is 0 Å². The third-order valence-corrected chi connectivity index (χ3v) is 6.40. The highest BCUT2D eigenvalue weighted by molar-refractivity contribution is 6.21. The second-order valence-corrected chi connectivity index (χ2v) is 8.16. The lowest BCUT2D eigenvalue weighted by Gasteiger charge is -2.27. The fraction of sp³-hybridized carbons (Fsp3) is 0.280. The molecule has 5 rings (SSSR count). The van der Waals surface area contributed by atoms with Crippen LogP contribution >= 0.6 is 0 Å². The number of hydrogen-bond donors (Lipinski definition) is 2. The van der Waals surface area contributed by atoms with E-state index in [2.05, 4.69) is 16.0 Å². The minimum Gasteiger partial charge on any atom is -0.478 e. The van der Waals surface area contributed by atoms with Gasteiger partial charge in [-0.3, -0.25) is 9.69 Å². The standard InChI is InChI=1S/C25H24N2O3/c28-24-20-8-2-1-7-18(20)19-11-13-27(15-22(19)24)12-4-3-6-16-14-26-23-17(16)9-5-10-21(23)25(29)30/h1-2,5,7-10,14,26H,3-4,6,11-13,15H2,(H,29,30). The number of carboxylic acid groups (broad SMARTS) is 1. The summed E-state index contributed by atoms with van der Waals surface area (Å²) in [6.45, 7) is 2.72. The fourth-order valence-electron chi connectivity index (χ4n) is 4.87. The summed E-state index contributed by atoms with van der Waals surface area (Å²) >= 11 is 0. The lowest BCUT2D eigenvalue weighted by Crippen LogP contribution is -2.33. The number of Topliss-reactive ketones (excluding diaryl/α,β-unsaturated/α-hetero) is 1. The Morgan fingerprint density at radius 1 is 1.03 bits per heavy atom. The van der Waals surface area contributed by atoms with Gasteiger partial charge in [0.1, 0.15) is 0 Å². The van der Waals surface area contributed by atoms with Gasteiger partial charge in [-0.1, -0.05) is 36.4 Å². The number of benzene rings is 2. The number of para-hydroxylation sites is 1. The maximum Gasteiger partial charge on any atom is 0.337 e. The van der Waals surface area contributed by atoms with Crippen molar-refractivity contribution < 1.29 is 14.7 Å². The summed E-state index contributed by atoms with van der Waals surface area (Å²) in [5.41, 5.74) is 6.42. The van der Waals surface area contributed by atoms with E-state index >= 15 is 0 Å². The molecular weight excluding hydrogens is 376 g/mol. The molecule has 0 atom stereocenters. The van der Waals surface area contributed by atoms with E-state index in [0.29, 0.717) is 11.1 Å². The van der Waals surface area contributed by atoms with Crippen LogP contribution in [0.25, 0.3) is 16.5 Å². The molecule has 0 unspecified atom stereocenters. The molecule has 152 valence electrons. The van der Waals surface area contributed by atoms with Crippen molar-refractivity contribution in [2.24, 2.45) is 0 Å². The minimum atomic E-state index is -0.906. The summed E-state index contributed by atoms with van der Waals surface area (Å²) in [6.07, 6.45) is 5.87. The summed E-state index contributed by atoms with van der Waals surface area (Å²) in [5, 5.41) is 10.3. The third-order valence-electron chi connectivity index (χ3n) is 6.40. The molecule has 2 heterocycles.